The Bertz CT molecular complexity index is 1480. The Balaban J connectivity index is 1.36. The fraction of sp³-hybridized carbons (Fsp3) is 0.280. The SMILES string of the molecule is COc1cccc(-c2ccc3nc(C4CCN(S(=O)(=O)c5cccc(F)c5)CC4)nn3c2)c1OC. The zero-order chi connectivity index (χ0) is 24.6. The highest BCUT2D eigenvalue weighted by atomic mass is 32.2. The Morgan fingerprint density at radius 3 is 2.49 bits per heavy atom. The smallest absolute Gasteiger partial charge is 0.243 e. The third-order valence-electron chi connectivity index (χ3n) is 6.31. The Morgan fingerprint density at radius 1 is 1.00 bits per heavy atom. The number of nitrogens with zero attached hydrogens (tertiary/aromatic N) is 4. The third kappa shape index (κ3) is 4.35. The minimum absolute atomic E-state index is 0.0256. The molecule has 0 radical (unpaired) electrons. The Morgan fingerprint density at radius 2 is 1.77 bits per heavy atom. The van der Waals surface area contributed by atoms with Crippen LogP contribution in [0.5, 0.6) is 11.5 Å². The van der Waals surface area contributed by atoms with Crippen molar-refractivity contribution in [2.45, 2.75) is 23.7 Å². The molecule has 182 valence electrons. The van der Waals surface area contributed by atoms with Gasteiger partial charge in [0, 0.05) is 36.3 Å². The molecule has 2 aromatic heterocycles. The van der Waals surface area contributed by atoms with Crippen LogP contribution in [0.15, 0.2) is 65.7 Å². The van der Waals surface area contributed by atoms with Gasteiger partial charge in [0.05, 0.1) is 19.1 Å². The maximum Gasteiger partial charge on any atom is 0.243 e. The van der Waals surface area contributed by atoms with Crippen molar-refractivity contribution in [2.24, 2.45) is 0 Å². The molecule has 0 aliphatic carbocycles. The first-order valence-electron chi connectivity index (χ1n) is 11.2. The van der Waals surface area contributed by atoms with Gasteiger partial charge in [0.15, 0.2) is 23.0 Å². The van der Waals surface area contributed by atoms with Crippen molar-refractivity contribution in [3.63, 3.8) is 0 Å². The van der Waals surface area contributed by atoms with Crippen molar-refractivity contribution in [1.29, 1.82) is 0 Å². The summed E-state index contributed by atoms with van der Waals surface area (Å²) in [5.74, 6) is 1.43. The van der Waals surface area contributed by atoms with Crippen molar-refractivity contribution in [1.82, 2.24) is 18.9 Å². The van der Waals surface area contributed by atoms with Gasteiger partial charge in [-0.25, -0.2) is 22.3 Å². The quantitative estimate of drug-likeness (QED) is 0.399. The van der Waals surface area contributed by atoms with Gasteiger partial charge in [-0.3, -0.25) is 0 Å². The number of pyridine rings is 1. The second-order valence-electron chi connectivity index (χ2n) is 8.37. The average Bonchev–Trinajstić information content (AvgIpc) is 3.31. The van der Waals surface area contributed by atoms with Crippen LogP contribution < -0.4 is 9.47 Å². The highest BCUT2D eigenvalue weighted by Crippen LogP contribution is 2.38. The molecule has 0 atom stereocenters. The van der Waals surface area contributed by atoms with Crippen LogP contribution >= 0.6 is 0 Å². The number of aromatic nitrogens is 3. The predicted octanol–water partition coefficient (Wildman–Crippen LogP) is 4.12. The number of piperidine rings is 1. The van der Waals surface area contributed by atoms with Gasteiger partial charge in [0.2, 0.25) is 10.0 Å². The van der Waals surface area contributed by atoms with Crippen LogP contribution in [0.1, 0.15) is 24.6 Å². The van der Waals surface area contributed by atoms with E-state index in [0.29, 0.717) is 48.9 Å². The molecule has 0 bridgehead atoms. The Hall–Kier alpha value is -3.50. The van der Waals surface area contributed by atoms with Gasteiger partial charge in [0.25, 0.3) is 0 Å². The van der Waals surface area contributed by atoms with E-state index >= 15 is 0 Å². The molecule has 0 spiro atoms. The fourth-order valence-corrected chi connectivity index (χ4v) is 5.98. The summed E-state index contributed by atoms with van der Waals surface area (Å²) >= 11 is 0. The molecule has 0 unspecified atom stereocenters. The highest BCUT2D eigenvalue weighted by molar-refractivity contribution is 7.89. The lowest BCUT2D eigenvalue weighted by Gasteiger charge is -2.29. The maximum atomic E-state index is 13.6. The maximum absolute atomic E-state index is 13.6. The van der Waals surface area contributed by atoms with Crippen LogP contribution in [0, 0.1) is 5.82 Å². The van der Waals surface area contributed by atoms with Gasteiger partial charge in [0.1, 0.15) is 5.82 Å². The monoisotopic (exact) mass is 496 g/mol. The molecule has 1 saturated heterocycles. The summed E-state index contributed by atoms with van der Waals surface area (Å²) in [7, 11) is -0.532. The molecule has 10 heteroatoms. The number of fused-ring (bicyclic) bond motifs is 1. The number of benzene rings is 2. The first-order chi connectivity index (χ1) is 16.9. The fourth-order valence-electron chi connectivity index (χ4n) is 4.48. The highest BCUT2D eigenvalue weighted by Gasteiger charge is 2.31. The van der Waals surface area contributed by atoms with E-state index in [2.05, 4.69) is 4.98 Å². The summed E-state index contributed by atoms with van der Waals surface area (Å²) < 4.78 is 53.5. The number of hydrogen-bond acceptors (Lipinski definition) is 6. The van der Waals surface area contributed by atoms with E-state index in [0.717, 1.165) is 17.2 Å². The van der Waals surface area contributed by atoms with Crippen molar-refractivity contribution >= 4 is 15.7 Å². The van der Waals surface area contributed by atoms with Gasteiger partial charge in [-0.2, -0.15) is 9.40 Å². The summed E-state index contributed by atoms with van der Waals surface area (Å²) in [6, 6.07) is 14.7. The van der Waals surface area contributed by atoms with Crippen molar-refractivity contribution in [3.8, 4) is 22.6 Å². The molecular formula is C25H25FN4O4S. The number of rotatable bonds is 6. The Labute approximate surface area is 203 Å². The Kier molecular flexibility index (Phi) is 6.16. The largest absolute Gasteiger partial charge is 0.493 e. The van der Waals surface area contributed by atoms with Crippen molar-refractivity contribution < 1.29 is 22.3 Å². The van der Waals surface area contributed by atoms with Crippen LogP contribution in [-0.2, 0) is 10.0 Å². The zero-order valence-electron chi connectivity index (χ0n) is 19.4. The van der Waals surface area contributed by atoms with E-state index in [4.69, 9.17) is 14.6 Å². The summed E-state index contributed by atoms with van der Waals surface area (Å²) in [6.07, 6.45) is 3.07. The van der Waals surface area contributed by atoms with Crippen molar-refractivity contribution in [2.75, 3.05) is 27.3 Å². The lowest BCUT2D eigenvalue weighted by molar-refractivity contribution is 0.313. The molecule has 1 fully saturated rings. The molecule has 4 aromatic rings. The molecule has 35 heavy (non-hydrogen) atoms. The normalized spacial score (nSPS) is 15.4. The number of para-hydroxylation sites is 1. The van der Waals surface area contributed by atoms with Crippen molar-refractivity contribution in [3.05, 3.63) is 72.4 Å². The van der Waals surface area contributed by atoms with Gasteiger partial charge in [-0.15, -0.1) is 0 Å². The molecule has 5 rings (SSSR count). The first-order valence-corrected chi connectivity index (χ1v) is 12.7. The summed E-state index contributed by atoms with van der Waals surface area (Å²) in [4.78, 5) is 4.66. The average molecular weight is 497 g/mol. The summed E-state index contributed by atoms with van der Waals surface area (Å²) in [5, 5.41) is 4.69. The molecule has 3 heterocycles. The molecule has 0 saturated carbocycles. The molecule has 1 aliphatic rings. The van der Waals surface area contributed by atoms with E-state index in [1.807, 2.05) is 36.5 Å². The van der Waals surface area contributed by atoms with Gasteiger partial charge in [-0.05, 0) is 49.2 Å². The topological polar surface area (TPSA) is 86.0 Å². The molecular weight excluding hydrogens is 471 g/mol. The van der Waals surface area contributed by atoms with Gasteiger partial charge < -0.3 is 9.47 Å². The van der Waals surface area contributed by atoms with Crippen LogP contribution in [0.2, 0.25) is 0 Å². The molecule has 2 aromatic carbocycles. The van der Waals surface area contributed by atoms with E-state index in [9.17, 15) is 12.8 Å². The number of ether oxygens (including phenoxy) is 2. The zero-order valence-corrected chi connectivity index (χ0v) is 20.2. The van der Waals surface area contributed by atoms with Gasteiger partial charge in [-0.1, -0.05) is 18.2 Å². The van der Waals surface area contributed by atoms with Crippen LogP contribution in [0.4, 0.5) is 4.39 Å². The number of methoxy groups -OCH3 is 2. The summed E-state index contributed by atoms with van der Waals surface area (Å²) in [5.41, 5.74) is 2.49. The lowest BCUT2D eigenvalue weighted by atomic mass is 9.98. The second kappa shape index (κ2) is 9.27. The second-order valence-corrected chi connectivity index (χ2v) is 10.3. The van der Waals surface area contributed by atoms with Crippen LogP contribution in [0.25, 0.3) is 16.8 Å². The molecule has 8 nitrogen and oxygen atoms in total. The first kappa shape index (κ1) is 23.3. The van der Waals surface area contributed by atoms with Crippen LogP contribution in [-0.4, -0.2) is 54.6 Å². The molecule has 0 amide bonds. The van der Waals surface area contributed by atoms with E-state index in [1.54, 1.807) is 18.7 Å². The third-order valence-corrected chi connectivity index (χ3v) is 8.21. The van der Waals surface area contributed by atoms with E-state index in [-0.39, 0.29) is 10.8 Å². The molecule has 0 N–H and O–H groups in total. The number of hydrogen-bond donors (Lipinski definition) is 0. The van der Waals surface area contributed by atoms with Gasteiger partial charge >= 0.3 is 0 Å². The number of sulfonamides is 1. The van der Waals surface area contributed by atoms with E-state index in [1.165, 1.54) is 22.5 Å². The molecule has 1 aliphatic heterocycles. The predicted molar refractivity (Wildman–Crippen MR) is 129 cm³/mol. The van der Waals surface area contributed by atoms with Crippen LogP contribution in [0.3, 0.4) is 0 Å². The minimum atomic E-state index is -3.74. The van der Waals surface area contributed by atoms with E-state index < -0.39 is 15.8 Å². The standard InChI is InChI=1S/C25H25FN4O4S/c1-33-22-8-4-7-21(24(22)34-2)18-9-10-23-27-25(28-30(23)16-18)17-11-13-29(14-12-17)35(31,32)20-6-3-5-19(26)15-20/h3-10,15-17H,11-14H2,1-2H3. The minimum Gasteiger partial charge on any atom is -0.493 e. The number of halogens is 1. The lowest BCUT2D eigenvalue weighted by Crippen LogP contribution is -2.38. The summed E-state index contributed by atoms with van der Waals surface area (Å²) in [6.45, 7) is 0.649.